The maximum Gasteiger partial charge on any atom is 0.322 e. The lowest BCUT2D eigenvalue weighted by molar-refractivity contribution is -0.138. The minimum atomic E-state index is -0.802. The molecule has 0 aliphatic rings. The molecule has 5 nitrogen and oxygen atoms in total. The van der Waals surface area contributed by atoms with Gasteiger partial charge in [0.2, 0.25) is 0 Å². The maximum atomic E-state index is 13.4. The van der Waals surface area contributed by atoms with Crippen LogP contribution in [0, 0.1) is 0 Å². The van der Waals surface area contributed by atoms with E-state index in [-0.39, 0.29) is 6.03 Å². The third-order valence-electron chi connectivity index (χ3n) is 6.58. The van der Waals surface area contributed by atoms with Gasteiger partial charge < -0.3 is 10.4 Å². The summed E-state index contributed by atoms with van der Waals surface area (Å²) in [7, 11) is 0. The quantitative estimate of drug-likeness (QED) is 0.193. The van der Waals surface area contributed by atoms with Crippen molar-refractivity contribution in [2.45, 2.75) is 48.4 Å². The number of hydrogen-bond acceptors (Lipinski definition) is 3. The molecule has 4 rings (SSSR count). The Morgan fingerprint density at radius 3 is 2.13 bits per heavy atom. The summed E-state index contributed by atoms with van der Waals surface area (Å²) in [5.41, 5.74) is 3.95. The minimum Gasteiger partial charge on any atom is -0.481 e. The standard InChI is InChI=1S/C33H34N2O3S/c1-2-31(32(36)37)27-18-20-29(21-19-27)39-30-17-9-16-28(23-30)35(22-10-15-25-11-5-3-6-12-25)33(38)34-24-26-13-7-4-8-14-26/h3-9,11-14,16-21,23,31H,2,10,15,22,24H2,1H3,(H,34,38)(H,36,37). The van der Waals surface area contributed by atoms with Crippen LogP contribution in [-0.2, 0) is 17.8 Å². The number of aliphatic carboxylic acids is 1. The first kappa shape index (κ1) is 28.0. The highest BCUT2D eigenvalue weighted by Gasteiger charge is 2.18. The number of amides is 2. The van der Waals surface area contributed by atoms with Crippen LogP contribution in [-0.4, -0.2) is 23.7 Å². The summed E-state index contributed by atoms with van der Waals surface area (Å²) >= 11 is 1.59. The number of carboxylic acids is 1. The number of aryl methyl sites for hydroxylation is 1. The Morgan fingerprint density at radius 2 is 1.49 bits per heavy atom. The fourth-order valence-electron chi connectivity index (χ4n) is 4.47. The molecule has 39 heavy (non-hydrogen) atoms. The number of anilines is 1. The predicted molar refractivity (Wildman–Crippen MR) is 158 cm³/mol. The molecule has 6 heteroatoms. The average Bonchev–Trinajstić information content (AvgIpc) is 2.96. The molecule has 0 aliphatic heterocycles. The fourth-order valence-corrected chi connectivity index (χ4v) is 5.35. The topological polar surface area (TPSA) is 69.6 Å². The van der Waals surface area contributed by atoms with Crippen LogP contribution in [0.3, 0.4) is 0 Å². The number of benzene rings is 4. The summed E-state index contributed by atoms with van der Waals surface area (Å²) in [4.78, 5) is 28.7. The molecule has 0 saturated heterocycles. The van der Waals surface area contributed by atoms with Crippen LogP contribution in [0.1, 0.15) is 42.4 Å². The van der Waals surface area contributed by atoms with Crippen LogP contribution in [0.2, 0.25) is 0 Å². The molecule has 2 N–H and O–H groups in total. The van der Waals surface area contributed by atoms with Gasteiger partial charge >= 0.3 is 12.0 Å². The van der Waals surface area contributed by atoms with Gasteiger partial charge in [-0.25, -0.2) is 4.79 Å². The first-order valence-electron chi connectivity index (χ1n) is 13.3. The Labute approximate surface area is 234 Å². The predicted octanol–water partition coefficient (Wildman–Crippen LogP) is 7.77. The largest absolute Gasteiger partial charge is 0.481 e. The van der Waals surface area contributed by atoms with E-state index in [0.29, 0.717) is 19.5 Å². The van der Waals surface area contributed by atoms with Crippen molar-refractivity contribution in [2.24, 2.45) is 0 Å². The van der Waals surface area contributed by atoms with Gasteiger partial charge in [-0.05, 0) is 66.3 Å². The van der Waals surface area contributed by atoms with Gasteiger partial charge in [-0.1, -0.05) is 97.5 Å². The van der Waals surface area contributed by atoms with E-state index in [1.807, 2.05) is 109 Å². The lowest BCUT2D eigenvalue weighted by Gasteiger charge is -2.24. The second kappa shape index (κ2) is 14.2. The average molecular weight is 539 g/mol. The molecule has 1 unspecified atom stereocenters. The van der Waals surface area contributed by atoms with Crippen molar-refractivity contribution < 1.29 is 14.7 Å². The molecule has 0 heterocycles. The fraction of sp³-hybridized carbons (Fsp3) is 0.212. The molecule has 4 aromatic rings. The highest BCUT2D eigenvalue weighted by atomic mass is 32.2. The zero-order valence-electron chi connectivity index (χ0n) is 22.1. The van der Waals surface area contributed by atoms with Gasteiger partial charge in [0.15, 0.2) is 0 Å². The molecule has 2 amide bonds. The van der Waals surface area contributed by atoms with Crippen LogP contribution in [0.15, 0.2) is 119 Å². The zero-order chi connectivity index (χ0) is 27.5. The Bertz CT molecular complexity index is 1340. The van der Waals surface area contributed by atoms with Crippen LogP contribution in [0.25, 0.3) is 0 Å². The summed E-state index contributed by atoms with van der Waals surface area (Å²) in [5, 5.41) is 12.5. The van der Waals surface area contributed by atoms with Gasteiger partial charge in [0, 0.05) is 28.6 Å². The van der Waals surface area contributed by atoms with Crippen molar-refractivity contribution in [2.75, 3.05) is 11.4 Å². The van der Waals surface area contributed by atoms with Crippen molar-refractivity contribution >= 4 is 29.4 Å². The minimum absolute atomic E-state index is 0.127. The number of nitrogens with one attached hydrogen (secondary N) is 1. The summed E-state index contributed by atoms with van der Waals surface area (Å²) in [5.74, 6) is -1.30. The van der Waals surface area contributed by atoms with E-state index in [4.69, 9.17) is 0 Å². The lowest BCUT2D eigenvalue weighted by Crippen LogP contribution is -2.40. The highest BCUT2D eigenvalue weighted by molar-refractivity contribution is 7.99. The first-order valence-corrected chi connectivity index (χ1v) is 14.1. The zero-order valence-corrected chi connectivity index (χ0v) is 22.9. The smallest absolute Gasteiger partial charge is 0.322 e. The molecule has 1 atom stereocenters. The van der Waals surface area contributed by atoms with Gasteiger partial charge in [-0.2, -0.15) is 0 Å². The molecule has 0 bridgehead atoms. The van der Waals surface area contributed by atoms with E-state index < -0.39 is 11.9 Å². The van der Waals surface area contributed by atoms with Crippen LogP contribution < -0.4 is 10.2 Å². The van der Waals surface area contributed by atoms with Gasteiger partial charge in [0.25, 0.3) is 0 Å². The first-order chi connectivity index (χ1) is 19.0. The molecule has 0 spiro atoms. The SMILES string of the molecule is CCC(C(=O)O)c1ccc(Sc2cccc(N(CCCc3ccccc3)C(=O)NCc3ccccc3)c2)cc1. The van der Waals surface area contributed by atoms with Crippen molar-refractivity contribution in [1.29, 1.82) is 0 Å². The second-order valence-corrected chi connectivity index (χ2v) is 10.5. The summed E-state index contributed by atoms with van der Waals surface area (Å²) in [6, 6.07) is 35.8. The van der Waals surface area contributed by atoms with Crippen LogP contribution in [0.5, 0.6) is 0 Å². The molecule has 200 valence electrons. The number of rotatable bonds is 12. The summed E-state index contributed by atoms with van der Waals surface area (Å²) in [6.07, 6.45) is 2.28. The van der Waals surface area contributed by atoms with Crippen LogP contribution in [0.4, 0.5) is 10.5 Å². The van der Waals surface area contributed by atoms with E-state index in [1.54, 1.807) is 11.8 Å². The number of carbonyl (C=O) groups is 2. The monoisotopic (exact) mass is 538 g/mol. The van der Waals surface area contributed by atoms with Crippen LogP contribution >= 0.6 is 11.8 Å². The van der Waals surface area contributed by atoms with Gasteiger partial charge in [-0.3, -0.25) is 9.69 Å². The third kappa shape index (κ3) is 8.23. The number of carboxylic acid groups (broad SMARTS) is 1. The Hall–Kier alpha value is -4.03. The Morgan fingerprint density at radius 1 is 0.821 bits per heavy atom. The lowest BCUT2D eigenvalue weighted by atomic mass is 9.97. The summed E-state index contributed by atoms with van der Waals surface area (Å²) in [6.45, 7) is 2.94. The molecule has 0 fully saturated rings. The van der Waals surface area contributed by atoms with Crippen molar-refractivity contribution in [3.05, 3.63) is 126 Å². The van der Waals surface area contributed by atoms with E-state index in [0.717, 1.165) is 39.4 Å². The molecule has 0 aliphatic carbocycles. The van der Waals surface area contributed by atoms with E-state index in [9.17, 15) is 14.7 Å². The van der Waals surface area contributed by atoms with E-state index in [1.165, 1.54) is 5.56 Å². The number of hydrogen-bond donors (Lipinski definition) is 2. The molecule has 4 aromatic carbocycles. The number of urea groups is 1. The van der Waals surface area contributed by atoms with Crippen molar-refractivity contribution in [3.8, 4) is 0 Å². The van der Waals surface area contributed by atoms with E-state index in [2.05, 4.69) is 17.4 Å². The number of nitrogens with zero attached hydrogens (tertiary/aromatic N) is 1. The van der Waals surface area contributed by atoms with Crippen molar-refractivity contribution in [1.82, 2.24) is 5.32 Å². The maximum absolute atomic E-state index is 13.4. The third-order valence-corrected chi connectivity index (χ3v) is 7.57. The Balaban J connectivity index is 1.48. The van der Waals surface area contributed by atoms with E-state index >= 15 is 0 Å². The molecular formula is C33H34N2O3S. The van der Waals surface area contributed by atoms with Gasteiger partial charge in [-0.15, -0.1) is 0 Å². The highest BCUT2D eigenvalue weighted by Crippen LogP contribution is 2.32. The molecular weight excluding hydrogens is 504 g/mol. The van der Waals surface area contributed by atoms with Gasteiger partial charge in [0.05, 0.1) is 5.92 Å². The molecule has 0 saturated carbocycles. The van der Waals surface area contributed by atoms with Crippen molar-refractivity contribution in [3.63, 3.8) is 0 Å². The normalized spacial score (nSPS) is 11.5. The number of carbonyl (C=O) groups excluding carboxylic acids is 1. The molecule has 0 radical (unpaired) electrons. The van der Waals surface area contributed by atoms with Gasteiger partial charge in [0.1, 0.15) is 0 Å². The second-order valence-electron chi connectivity index (χ2n) is 9.35. The Kier molecular flexibility index (Phi) is 10.2. The molecule has 0 aromatic heterocycles. The summed E-state index contributed by atoms with van der Waals surface area (Å²) < 4.78 is 0.